The Morgan fingerprint density at radius 3 is 2.71 bits per heavy atom. The van der Waals surface area contributed by atoms with Crippen LogP contribution in [0.25, 0.3) is 6.08 Å². The molecular weight excluding hydrogens is 347 g/mol. The van der Waals surface area contributed by atoms with Gasteiger partial charge in [-0.05, 0) is 47.9 Å². The lowest BCUT2D eigenvalue weighted by Crippen LogP contribution is -2.32. The number of anilines is 1. The average molecular weight is 357 g/mol. The van der Waals surface area contributed by atoms with E-state index < -0.39 is 0 Å². The van der Waals surface area contributed by atoms with Crippen LogP contribution in [0.15, 0.2) is 41.8 Å². The zero-order valence-corrected chi connectivity index (χ0v) is 13.7. The minimum atomic E-state index is -0.305. The van der Waals surface area contributed by atoms with Crippen LogP contribution in [-0.4, -0.2) is 11.0 Å². The number of carbonyl (C=O) groups excluding carboxylic acids is 1. The van der Waals surface area contributed by atoms with Crippen molar-refractivity contribution in [3.05, 3.63) is 56.7 Å². The summed E-state index contributed by atoms with van der Waals surface area (Å²) in [6.07, 6.45) is 3.15. The first kappa shape index (κ1) is 16.0. The molecule has 21 heavy (non-hydrogen) atoms. The summed E-state index contributed by atoms with van der Waals surface area (Å²) >= 11 is 18.3. The van der Waals surface area contributed by atoms with Gasteiger partial charge < -0.3 is 5.32 Å². The van der Waals surface area contributed by atoms with Gasteiger partial charge in [-0.25, -0.2) is 0 Å². The molecule has 0 spiro atoms. The van der Waals surface area contributed by atoms with Gasteiger partial charge in [0, 0.05) is 16.6 Å². The van der Waals surface area contributed by atoms with Crippen molar-refractivity contribution < 1.29 is 4.79 Å². The lowest BCUT2D eigenvalue weighted by molar-refractivity contribution is -0.115. The van der Waals surface area contributed by atoms with E-state index in [1.165, 1.54) is 6.08 Å². The maximum Gasteiger partial charge on any atom is 0.250 e. The average Bonchev–Trinajstić information content (AvgIpc) is 2.94. The molecule has 0 radical (unpaired) electrons. The molecule has 0 aliphatic heterocycles. The third-order valence-electron chi connectivity index (χ3n) is 2.36. The molecule has 2 N–H and O–H groups in total. The first-order valence-corrected chi connectivity index (χ1v) is 7.87. The molecule has 1 aromatic carbocycles. The van der Waals surface area contributed by atoms with E-state index in [4.69, 9.17) is 35.4 Å². The van der Waals surface area contributed by atoms with E-state index in [9.17, 15) is 4.79 Å². The molecule has 2 aromatic rings. The van der Waals surface area contributed by atoms with Gasteiger partial charge in [0.15, 0.2) is 5.11 Å². The van der Waals surface area contributed by atoms with Crippen LogP contribution >= 0.6 is 46.8 Å². The summed E-state index contributed by atoms with van der Waals surface area (Å²) in [5.74, 6) is -0.305. The summed E-state index contributed by atoms with van der Waals surface area (Å²) in [5, 5.41) is 8.40. The number of nitrogens with one attached hydrogen (secondary N) is 2. The summed E-state index contributed by atoms with van der Waals surface area (Å²) in [7, 11) is 0. The predicted octanol–water partition coefficient (Wildman–Crippen LogP) is 4.58. The van der Waals surface area contributed by atoms with Crippen LogP contribution in [0, 0.1) is 0 Å². The number of thiophene rings is 1. The molecule has 0 bridgehead atoms. The normalized spacial score (nSPS) is 10.6. The highest BCUT2D eigenvalue weighted by atomic mass is 35.5. The Morgan fingerprint density at radius 1 is 1.24 bits per heavy atom. The van der Waals surface area contributed by atoms with Gasteiger partial charge in [-0.3, -0.25) is 10.1 Å². The van der Waals surface area contributed by atoms with Crippen LogP contribution < -0.4 is 10.6 Å². The summed E-state index contributed by atoms with van der Waals surface area (Å²) in [6.45, 7) is 0. The van der Waals surface area contributed by atoms with E-state index in [-0.39, 0.29) is 11.0 Å². The Kier molecular flexibility index (Phi) is 5.76. The lowest BCUT2D eigenvalue weighted by atomic mass is 10.3. The van der Waals surface area contributed by atoms with Gasteiger partial charge in [-0.15, -0.1) is 11.3 Å². The van der Waals surface area contributed by atoms with Crippen molar-refractivity contribution in [2.75, 3.05) is 5.32 Å². The van der Waals surface area contributed by atoms with E-state index in [1.54, 1.807) is 35.6 Å². The molecule has 108 valence electrons. The largest absolute Gasteiger partial charge is 0.332 e. The fraction of sp³-hybridized carbons (Fsp3) is 0. The number of thiocarbonyl (C=S) groups is 1. The van der Waals surface area contributed by atoms with E-state index in [2.05, 4.69) is 10.6 Å². The van der Waals surface area contributed by atoms with Gasteiger partial charge in [0.2, 0.25) is 5.91 Å². The first-order chi connectivity index (χ1) is 10.0. The number of carbonyl (C=O) groups is 1. The second-order valence-corrected chi connectivity index (χ2v) is 6.12. The molecule has 0 unspecified atom stereocenters. The summed E-state index contributed by atoms with van der Waals surface area (Å²) in [5.41, 5.74) is 0.650. The molecule has 1 amide bonds. The van der Waals surface area contributed by atoms with Crippen LogP contribution in [0.1, 0.15) is 4.88 Å². The van der Waals surface area contributed by atoms with E-state index in [1.807, 2.05) is 17.5 Å². The first-order valence-electron chi connectivity index (χ1n) is 5.83. The number of amides is 1. The lowest BCUT2D eigenvalue weighted by Gasteiger charge is -2.08. The third kappa shape index (κ3) is 5.13. The van der Waals surface area contributed by atoms with Crippen molar-refractivity contribution >= 4 is 69.5 Å². The van der Waals surface area contributed by atoms with Gasteiger partial charge in [0.25, 0.3) is 0 Å². The minimum Gasteiger partial charge on any atom is -0.332 e. The molecule has 0 saturated carbocycles. The maximum absolute atomic E-state index is 11.7. The van der Waals surface area contributed by atoms with Gasteiger partial charge in [0.1, 0.15) is 0 Å². The number of rotatable bonds is 3. The molecule has 0 atom stereocenters. The molecule has 7 heteroatoms. The quantitative estimate of drug-likeness (QED) is 0.624. The van der Waals surface area contributed by atoms with Crippen LogP contribution in [0.4, 0.5) is 5.69 Å². The summed E-state index contributed by atoms with van der Waals surface area (Å²) in [6, 6.07) is 8.82. The molecule has 0 fully saturated rings. The van der Waals surface area contributed by atoms with Crippen molar-refractivity contribution in [2.45, 2.75) is 0 Å². The molecule has 1 aromatic heterocycles. The zero-order chi connectivity index (χ0) is 15.2. The highest BCUT2D eigenvalue weighted by Crippen LogP contribution is 2.24. The Labute approximate surface area is 141 Å². The Morgan fingerprint density at radius 2 is 2.05 bits per heavy atom. The van der Waals surface area contributed by atoms with E-state index >= 15 is 0 Å². The second-order valence-electron chi connectivity index (χ2n) is 3.92. The minimum absolute atomic E-state index is 0.189. The van der Waals surface area contributed by atoms with Crippen LogP contribution in [-0.2, 0) is 4.79 Å². The van der Waals surface area contributed by atoms with E-state index in [0.717, 1.165) is 4.88 Å². The number of halogens is 2. The van der Waals surface area contributed by atoms with Gasteiger partial charge >= 0.3 is 0 Å². The third-order valence-corrected chi connectivity index (χ3v) is 4.14. The Hall–Kier alpha value is -1.40. The summed E-state index contributed by atoms with van der Waals surface area (Å²) < 4.78 is 0. The number of hydrogen-bond acceptors (Lipinski definition) is 3. The van der Waals surface area contributed by atoms with Gasteiger partial charge in [0.05, 0.1) is 10.0 Å². The van der Waals surface area contributed by atoms with Crippen molar-refractivity contribution in [3.8, 4) is 0 Å². The van der Waals surface area contributed by atoms with Crippen molar-refractivity contribution in [1.82, 2.24) is 5.32 Å². The highest BCUT2D eigenvalue weighted by Gasteiger charge is 2.04. The molecule has 0 aliphatic carbocycles. The Bertz CT molecular complexity index is 684. The van der Waals surface area contributed by atoms with Crippen molar-refractivity contribution in [2.24, 2.45) is 0 Å². The van der Waals surface area contributed by atoms with Crippen LogP contribution in [0.2, 0.25) is 10.0 Å². The second kappa shape index (κ2) is 7.56. The Balaban J connectivity index is 1.89. The molecule has 3 nitrogen and oxygen atoms in total. The standard InChI is InChI=1S/C14H10Cl2N2OS2/c15-11-5-3-9(8-12(11)16)17-14(20)18-13(19)6-4-10-2-1-7-21-10/h1-8H,(H2,17,18,19,20). The molecule has 1 heterocycles. The summed E-state index contributed by atoms with van der Waals surface area (Å²) in [4.78, 5) is 12.7. The van der Waals surface area contributed by atoms with Crippen molar-refractivity contribution in [1.29, 1.82) is 0 Å². The zero-order valence-electron chi connectivity index (χ0n) is 10.6. The number of benzene rings is 1. The molecule has 2 rings (SSSR count). The van der Waals surface area contributed by atoms with E-state index in [0.29, 0.717) is 15.7 Å². The van der Waals surface area contributed by atoms with Gasteiger partial charge in [-0.2, -0.15) is 0 Å². The monoisotopic (exact) mass is 356 g/mol. The van der Waals surface area contributed by atoms with Crippen LogP contribution in [0.3, 0.4) is 0 Å². The number of hydrogen-bond donors (Lipinski definition) is 2. The van der Waals surface area contributed by atoms with Crippen molar-refractivity contribution in [3.63, 3.8) is 0 Å². The SMILES string of the molecule is O=C(C=Cc1cccs1)NC(=S)Nc1ccc(Cl)c(Cl)c1. The van der Waals surface area contributed by atoms with Gasteiger partial charge in [-0.1, -0.05) is 29.3 Å². The fourth-order valence-corrected chi connectivity index (χ4v) is 2.57. The fourth-order valence-electron chi connectivity index (χ4n) is 1.43. The molecular formula is C14H10Cl2N2OS2. The van der Waals surface area contributed by atoms with Crippen LogP contribution in [0.5, 0.6) is 0 Å². The highest BCUT2D eigenvalue weighted by molar-refractivity contribution is 7.80. The predicted molar refractivity (Wildman–Crippen MR) is 94.2 cm³/mol. The maximum atomic E-state index is 11.7. The molecule has 0 aliphatic rings. The topological polar surface area (TPSA) is 41.1 Å². The molecule has 0 saturated heterocycles. The smallest absolute Gasteiger partial charge is 0.250 e.